The van der Waals surface area contributed by atoms with Gasteiger partial charge in [-0.05, 0) is 25.0 Å². The molecule has 3 heteroatoms. The van der Waals surface area contributed by atoms with Crippen LogP contribution in [0.2, 0.25) is 0 Å². The minimum absolute atomic E-state index is 0.0208. The third kappa shape index (κ3) is 2.89. The molecule has 0 aromatic carbocycles. The number of hydrogen-bond donors (Lipinski definition) is 1. The Balaban J connectivity index is 2.37. The van der Waals surface area contributed by atoms with Crippen molar-refractivity contribution in [2.24, 2.45) is 5.73 Å². The monoisotopic (exact) mass is 153 g/mol. The van der Waals surface area contributed by atoms with Crippen LogP contribution in [-0.2, 0) is 9.53 Å². The van der Waals surface area contributed by atoms with E-state index >= 15 is 0 Å². The van der Waals surface area contributed by atoms with E-state index in [9.17, 15) is 4.79 Å². The quantitative estimate of drug-likeness (QED) is 0.594. The van der Waals surface area contributed by atoms with Gasteiger partial charge >= 0.3 is 0 Å². The molecule has 1 heterocycles. The zero-order chi connectivity index (χ0) is 8.10. The molecular weight excluding hydrogens is 142 g/mol. The van der Waals surface area contributed by atoms with Crippen LogP contribution in [0, 0.1) is 0 Å². The van der Waals surface area contributed by atoms with E-state index in [2.05, 4.69) is 0 Å². The lowest BCUT2D eigenvalue weighted by atomic mass is 10.1. The average molecular weight is 153 g/mol. The van der Waals surface area contributed by atoms with Crippen LogP contribution < -0.4 is 5.73 Å². The van der Waals surface area contributed by atoms with Gasteiger partial charge in [0, 0.05) is 6.08 Å². The maximum atomic E-state index is 10.3. The summed E-state index contributed by atoms with van der Waals surface area (Å²) in [6, 6.07) is 0. The Labute approximate surface area is 65.5 Å². The van der Waals surface area contributed by atoms with Gasteiger partial charge in [0.1, 0.15) is 6.10 Å². The molecule has 1 amide bonds. The van der Waals surface area contributed by atoms with Crippen LogP contribution in [0.1, 0.15) is 12.8 Å². The fourth-order valence-corrected chi connectivity index (χ4v) is 0.897. The zero-order valence-electron chi connectivity index (χ0n) is 6.19. The molecule has 60 valence electrons. The summed E-state index contributed by atoms with van der Waals surface area (Å²) in [5, 5.41) is 0. The van der Waals surface area contributed by atoms with E-state index in [0.717, 1.165) is 12.8 Å². The number of amides is 1. The highest BCUT2D eigenvalue weighted by Crippen LogP contribution is 2.10. The van der Waals surface area contributed by atoms with Gasteiger partial charge in [-0.25, -0.2) is 0 Å². The minimum Gasteiger partial charge on any atom is -0.494 e. The zero-order valence-corrected chi connectivity index (χ0v) is 6.19. The number of primary amides is 1. The van der Waals surface area contributed by atoms with Crippen LogP contribution >= 0.6 is 0 Å². The summed E-state index contributed by atoms with van der Waals surface area (Å²) < 4.78 is 5.15. The second-order valence-electron chi connectivity index (χ2n) is 2.39. The Morgan fingerprint density at radius 1 is 1.73 bits per heavy atom. The average Bonchev–Trinajstić information content (AvgIpc) is 2.03. The molecule has 0 saturated carbocycles. The van der Waals surface area contributed by atoms with Crippen LogP contribution in [0.25, 0.3) is 0 Å². The second-order valence-corrected chi connectivity index (χ2v) is 2.39. The first-order valence-electron chi connectivity index (χ1n) is 3.57. The van der Waals surface area contributed by atoms with E-state index in [0.29, 0.717) is 0 Å². The van der Waals surface area contributed by atoms with E-state index in [1.807, 2.05) is 6.08 Å². The summed E-state index contributed by atoms with van der Waals surface area (Å²) in [6.07, 6.45) is 8.56. The van der Waals surface area contributed by atoms with Crippen LogP contribution in [0.4, 0.5) is 0 Å². The van der Waals surface area contributed by atoms with E-state index in [4.69, 9.17) is 10.5 Å². The standard InChI is InChI=1S/C8H11NO2/c9-8(10)5-4-7-3-1-2-6-11-7/h2,4-7H,1,3H2,(H2,9,10)/b5-4+. The molecule has 1 aliphatic rings. The van der Waals surface area contributed by atoms with Gasteiger partial charge in [0.05, 0.1) is 6.26 Å². The van der Waals surface area contributed by atoms with E-state index < -0.39 is 5.91 Å². The van der Waals surface area contributed by atoms with Crippen molar-refractivity contribution in [3.05, 3.63) is 24.5 Å². The maximum Gasteiger partial charge on any atom is 0.241 e. The summed E-state index contributed by atoms with van der Waals surface area (Å²) in [4.78, 5) is 10.3. The number of nitrogens with two attached hydrogens (primary N) is 1. The van der Waals surface area contributed by atoms with Gasteiger partial charge in [-0.1, -0.05) is 0 Å². The van der Waals surface area contributed by atoms with Gasteiger partial charge in [-0.2, -0.15) is 0 Å². The minimum atomic E-state index is -0.428. The Hall–Kier alpha value is -1.25. The van der Waals surface area contributed by atoms with Crippen molar-refractivity contribution >= 4 is 5.91 Å². The van der Waals surface area contributed by atoms with Crippen molar-refractivity contribution in [2.45, 2.75) is 18.9 Å². The lowest BCUT2D eigenvalue weighted by molar-refractivity contribution is -0.113. The number of ether oxygens (including phenoxy) is 1. The molecule has 1 rings (SSSR count). The number of carbonyl (C=O) groups is 1. The fraction of sp³-hybridized carbons (Fsp3) is 0.375. The van der Waals surface area contributed by atoms with Gasteiger partial charge in [0.15, 0.2) is 0 Å². The fourth-order valence-electron chi connectivity index (χ4n) is 0.897. The van der Waals surface area contributed by atoms with Gasteiger partial charge in [-0.3, -0.25) is 4.79 Å². The number of carbonyl (C=O) groups excluding carboxylic acids is 1. The number of allylic oxidation sites excluding steroid dienone is 1. The predicted octanol–water partition coefficient (Wildman–Crippen LogP) is 0.721. The number of rotatable bonds is 2. The summed E-state index contributed by atoms with van der Waals surface area (Å²) >= 11 is 0. The van der Waals surface area contributed by atoms with Crippen molar-refractivity contribution in [3.8, 4) is 0 Å². The molecule has 0 spiro atoms. The SMILES string of the molecule is NC(=O)/C=C/C1CCC=CO1. The van der Waals surface area contributed by atoms with Crippen molar-refractivity contribution in [3.63, 3.8) is 0 Å². The van der Waals surface area contributed by atoms with Crippen molar-refractivity contribution in [2.75, 3.05) is 0 Å². The lowest BCUT2D eigenvalue weighted by Gasteiger charge is -2.14. The van der Waals surface area contributed by atoms with Crippen molar-refractivity contribution in [1.29, 1.82) is 0 Å². The first-order valence-corrected chi connectivity index (χ1v) is 3.57. The molecule has 1 aliphatic heterocycles. The molecule has 3 nitrogen and oxygen atoms in total. The normalized spacial score (nSPS) is 23.5. The maximum absolute atomic E-state index is 10.3. The Bertz CT molecular complexity index is 196. The molecule has 11 heavy (non-hydrogen) atoms. The molecule has 2 N–H and O–H groups in total. The lowest BCUT2D eigenvalue weighted by Crippen LogP contribution is -2.12. The first-order chi connectivity index (χ1) is 5.29. The highest BCUT2D eigenvalue weighted by molar-refractivity contribution is 5.85. The molecule has 0 bridgehead atoms. The third-order valence-electron chi connectivity index (χ3n) is 1.44. The van der Waals surface area contributed by atoms with E-state index in [1.165, 1.54) is 6.08 Å². The molecule has 0 aliphatic carbocycles. The molecular formula is C8H11NO2. The smallest absolute Gasteiger partial charge is 0.241 e. The van der Waals surface area contributed by atoms with Gasteiger partial charge in [0.25, 0.3) is 0 Å². The largest absolute Gasteiger partial charge is 0.494 e. The molecule has 1 atom stereocenters. The van der Waals surface area contributed by atoms with Gasteiger partial charge in [0.2, 0.25) is 5.91 Å². The summed E-state index contributed by atoms with van der Waals surface area (Å²) in [6.45, 7) is 0. The molecule has 0 aromatic rings. The molecule has 0 radical (unpaired) electrons. The van der Waals surface area contributed by atoms with E-state index in [1.54, 1.807) is 12.3 Å². The molecule has 0 saturated heterocycles. The topological polar surface area (TPSA) is 52.3 Å². The van der Waals surface area contributed by atoms with Crippen molar-refractivity contribution in [1.82, 2.24) is 0 Å². The predicted molar refractivity (Wildman–Crippen MR) is 41.6 cm³/mol. The van der Waals surface area contributed by atoms with Crippen LogP contribution in [-0.4, -0.2) is 12.0 Å². The van der Waals surface area contributed by atoms with Crippen LogP contribution in [0.5, 0.6) is 0 Å². The van der Waals surface area contributed by atoms with E-state index in [-0.39, 0.29) is 6.10 Å². The highest BCUT2D eigenvalue weighted by atomic mass is 16.5. The Morgan fingerprint density at radius 3 is 3.09 bits per heavy atom. The van der Waals surface area contributed by atoms with Crippen LogP contribution in [0.15, 0.2) is 24.5 Å². The Morgan fingerprint density at radius 2 is 2.55 bits per heavy atom. The first kappa shape index (κ1) is 7.85. The molecule has 1 unspecified atom stereocenters. The third-order valence-corrected chi connectivity index (χ3v) is 1.44. The molecule has 0 fully saturated rings. The van der Waals surface area contributed by atoms with Gasteiger partial charge < -0.3 is 10.5 Å². The van der Waals surface area contributed by atoms with Crippen LogP contribution in [0.3, 0.4) is 0 Å². The summed E-state index contributed by atoms with van der Waals surface area (Å²) in [5.41, 5.74) is 4.91. The van der Waals surface area contributed by atoms with Crippen molar-refractivity contribution < 1.29 is 9.53 Å². The summed E-state index contributed by atoms with van der Waals surface area (Å²) in [7, 11) is 0. The second kappa shape index (κ2) is 3.81. The number of hydrogen-bond acceptors (Lipinski definition) is 2. The summed E-state index contributed by atoms with van der Waals surface area (Å²) in [5.74, 6) is -0.428. The van der Waals surface area contributed by atoms with Gasteiger partial charge in [-0.15, -0.1) is 0 Å². The molecule has 0 aromatic heterocycles. The highest BCUT2D eigenvalue weighted by Gasteiger charge is 2.05. The Kier molecular flexibility index (Phi) is 2.72.